The van der Waals surface area contributed by atoms with Gasteiger partial charge in [0.25, 0.3) is 0 Å². The molecule has 1 atom stereocenters. The maximum Gasteiger partial charge on any atom is 0.242 e. The molecule has 60 valence electrons. The second-order valence-corrected chi connectivity index (χ2v) is 2.16. The SMILES string of the molecule is C[C@H](N)C(=O)Nc1ccon1. The number of rotatable bonds is 2. The molecule has 0 aromatic carbocycles. The van der Waals surface area contributed by atoms with E-state index in [1.54, 1.807) is 13.0 Å². The lowest BCUT2D eigenvalue weighted by molar-refractivity contribution is -0.117. The summed E-state index contributed by atoms with van der Waals surface area (Å²) in [6.07, 6.45) is 1.37. The van der Waals surface area contributed by atoms with E-state index in [2.05, 4.69) is 15.0 Å². The Labute approximate surface area is 63.5 Å². The Bertz CT molecular complexity index is 230. The minimum Gasteiger partial charge on any atom is -0.363 e. The summed E-state index contributed by atoms with van der Waals surface area (Å²) >= 11 is 0. The third-order valence-corrected chi connectivity index (χ3v) is 1.10. The van der Waals surface area contributed by atoms with E-state index in [9.17, 15) is 4.79 Å². The molecule has 5 nitrogen and oxygen atoms in total. The molecule has 1 aromatic heterocycles. The number of hydrogen-bond donors (Lipinski definition) is 2. The van der Waals surface area contributed by atoms with Crippen LogP contribution in [0.25, 0.3) is 0 Å². The molecular formula is C6H9N3O2. The van der Waals surface area contributed by atoms with Gasteiger partial charge in [-0.3, -0.25) is 4.79 Å². The van der Waals surface area contributed by atoms with Crippen molar-refractivity contribution < 1.29 is 9.32 Å². The minimum atomic E-state index is -0.535. The number of nitrogens with two attached hydrogens (primary N) is 1. The van der Waals surface area contributed by atoms with Gasteiger partial charge >= 0.3 is 0 Å². The fraction of sp³-hybridized carbons (Fsp3) is 0.333. The van der Waals surface area contributed by atoms with Gasteiger partial charge in [0.2, 0.25) is 5.91 Å². The zero-order valence-corrected chi connectivity index (χ0v) is 6.07. The normalized spacial score (nSPS) is 12.5. The highest BCUT2D eigenvalue weighted by Gasteiger charge is 2.07. The standard InChI is InChI=1S/C6H9N3O2/c1-4(7)6(10)8-5-2-3-11-9-5/h2-4H,7H2,1H3,(H,8,9,10)/t4-/m0/s1. The lowest BCUT2D eigenvalue weighted by atomic mass is 10.3. The van der Waals surface area contributed by atoms with Crippen molar-refractivity contribution in [1.29, 1.82) is 0 Å². The van der Waals surface area contributed by atoms with Crippen LogP contribution in [0.1, 0.15) is 6.92 Å². The van der Waals surface area contributed by atoms with E-state index in [1.165, 1.54) is 6.26 Å². The predicted molar refractivity (Wildman–Crippen MR) is 38.8 cm³/mol. The largest absolute Gasteiger partial charge is 0.363 e. The van der Waals surface area contributed by atoms with Crippen LogP contribution in [0.4, 0.5) is 5.82 Å². The fourth-order valence-corrected chi connectivity index (χ4v) is 0.517. The topological polar surface area (TPSA) is 81.2 Å². The van der Waals surface area contributed by atoms with Crippen molar-refractivity contribution >= 4 is 11.7 Å². The molecule has 0 bridgehead atoms. The lowest BCUT2D eigenvalue weighted by Crippen LogP contribution is -2.32. The van der Waals surface area contributed by atoms with Gasteiger partial charge in [-0.15, -0.1) is 0 Å². The molecule has 1 heterocycles. The summed E-state index contributed by atoms with van der Waals surface area (Å²) in [6, 6.07) is 1.01. The lowest BCUT2D eigenvalue weighted by Gasteiger charge is -2.02. The summed E-state index contributed by atoms with van der Waals surface area (Å²) in [7, 11) is 0. The van der Waals surface area contributed by atoms with E-state index in [0.29, 0.717) is 5.82 Å². The Morgan fingerprint density at radius 2 is 2.64 bits per heavy atom. The van der Waals surface area contributed by atoms with Gasteiger partial charge in [-0.1, -0.05) is 5.16 Å². The summed E-state index contributed by atoms with van der Waals surface area (Å²) < 4.78 is 4.49. The average molecular weight is 155 g/mol. The number of nitrogens with one attached hydrogen (secondary N) is 1. The van der Waals surface area contributed by atoms with Gasteiger partial charge < -0.3 is 15.6 Å². The van der Waals surface area contributed by atoms with E-state index in [1.807, 2.05) is 0 Å². The molecule has 0 saturated carbocycles. The van der Waals surface area contributed by atoms with E-state index >= 15 is 0 Å². The Morgan fingerprint density at radius 1 is 1.91 bits per heavy atom. The van der Waals surface area contributed by atoms with Crippen LogP contribution in [0.3, 0.4) is 0 Å². The van der Waals surface area contributed by atoms with Crippen LogP contribution in [0.2, 0.25) is 0 Å². The van der Waals surface area contributed by atoms with Crippen molar-refractivity contribution in [2.24, 2.45) is 5.73 Å². The van der Waals surface area contributed by atoms with E-state index in [-0.39, 0.29) is 5.91 Å². The second-order valence-electron chi connectivity index (χ2n) is 2.16. The number of aromatic nitrogens is 1. The Hall–Kier alpha value is -1.36. The van der Waals surface area contributed by atoms with Gasteiger partial charge in [0, 0.05) is 6.07 Å². The molecule has 0 aliphatic carbocycles. The molecule has 0 saturated heterocycles. The molecule has 0 aliphatic rings. The number of carbonyl (C=O) groups excluding carboxylic acids is 1. The molecule has 1 aromatic rings. The fourth-order valence-electron chi connectivity index (χ4n) is 0.517. The first-order valence-corrected chi connectivity index (χ1v) is 3.17. The molecule has 0 unspecified atom stereocenters. The summed E-state index contributed by atoms with van der Waals surface area (Å²) in [5.41, 5.74) is 5.28. The maximum atomic E-state index is 10.9. The number of carbonyl (C=O) groups is 1. The maximum absolute atomic E-state index is 10.9. The first-order valence-electron chi connectivity index (χ1n) is 3.17. The predicted octanol–water partition coefficient (Wildman–Crippen LogP) is -0.0397. The van der Waals surface area contributed by atoms with Crippen LogP contribution < -0.4 is 11.1 Å². The summed E-state index contributed by atoms with van der Waals surface area (Å²) in [6.45, 7) is 1.59. The van der Waals surface area contributed by atoms with Gasteiger partial charge in [-0.2, -0.15) is 0 Å². The Balaban J connectivity index is 2.50. The van der Waals surface area contributed by atoms with Crippen LogP contribution in [0, 0.1) is 0 Å². The Kier molecular flexibility index (Phi) is 2.22. The summed E-state index contributed by atoms with van der Waals surface area (Å²) in [5, 5.41) is 5.93. The van der Waals surface area contributed by atoms with Gasteiger partial charge in [-0.25, -0.2) is 0 Å². The van der Waals surface area contributed by atoms with Crippen molar-refractivity contribution in [3.63, 3.8) is 0 Å². The second kappa shape index (κ2) is 3.16. The summed E-state index contributed by atoms with van der Waals surface area (Å²) in [4.78, 5) is 10.9. The quantitative estimate of drug-likeness (QED) is 0.627. The van der Waals surface area contributed by atoms with Crippen LogP contribution in [0.5, 0.6) is 0 Å². The third kappa shape index (κ3) is 2.05. The first kappa shape index (κ1) is 7.74. The number of amides is 1. The smallest absolute Gasteiger partial charge is 0.242 e. The average Bonchev–Trinajstić information content (AvgIpc) is 2.39. The number of hydrogen-bond acceptors (Lipinski definition) is 4. The van der Waals surface area contributed by atoms with Crippen LogP contribution in [-0.4, -0.2) is 17.1 Å². The van der Waals surface area contributed by atoms with Crippen LogP contribution in [-0.2, 0) is 4.79 Å². The zero-order chi connectivity index (χ0) is 8.27. The highest BCUT2D eigenvalue weighted by Crippen LogP contribution is 2.00. The van der Waals surface area contributed by atoms with Gasteiger partial charge in [-0.05, 0) is 6.92 Å². The number of nitrogens with zero attached hydrogens (tertiary/aromatic N) is 1. The van der Waals surface area contributed by atoms with Crippen molar-refractivity contribution in [2.75, 3.05) is 5.32 Å². The molecule has 1 rings (SSSR count). The van der Waals surface area contributed by atoms with Gasteiger partial charge in [0.15, 0.2) is 5.82 Å². The van der Waals surface area contributed by atoms with Crippen molar-refractivity contribution in [3.8, 4) is 0 Å². The first-order chi connectivity index (χ1) is 5.20. The molecule has 11 heavy (non-hydrogen) atoms. The molecule has 0 fully saturated rings. The zero-order valence-electron chi connectivity index (χ0n) is 6.07. The monoisotopic (exact) mass is 155 g/mol. The van der Waals surface area contributed by atoms with E-state index in [4.69, 9.17) is 5.73 Å². The molecular weight excluding hydrogens is 146 g/mol. The number of anilines is 1. The molecule has 3 N–H and O–H groups in total. The third-order valence-electron chi connectivity index (χ3n) is 1.10. The molecule has 0 radical (unpaired) electrons. The molecule has 5 heteroatoms. The van der Waals surface area contributed by atoms with E-state index in [0.717, 1.165) is 0 Å². The van der Waals surface area contributed by atoms with Crippen molar-refractivity contribution in [1.82, 2.24) is 5.16 Å². The highest BCUT2D eigenvalue weighted by molar-refractivity contribution is 5.93. The van der Waals surface area contributed by atoms with E-state index < -0.39 is 6.04 Å². The Morgan fingerprint density at radius 3 is 3.09 bits per heavy atom. The van der Waals surface area contributed by atoms with Gasteiger partial charge in [0.05, 0.1) is 6.04 Å². The molecule has 1 amide bonds. The van der Waals surface area contributed by atoms with Gasteiger partial charge in [0.1, 0.15) is 6.26 Å². The van der Waals surface area contributed by atoms with Crippen LogP contribution >= 0.6 is 0 Å². The van der Waals surface area contributed by atoms with Crippen molar-refractivity contribution in [3.05, 3.63) is 12.3 Å². The molecule has 0 spiro atoms. The highest BCUT2D eigenvalue weighted by atomic mass is 16.5. The van der Waals surface area contributed by atoms with Crippen LogP contribution in [0.15, 0.2) is 16.9 Å². The molecule has 0 aliphatic heterocycles. The minimum absolute atomic E-state index is 0.279. The van der Waals surface area contributed by atoms with Crippen molar-refractivity contribution in [2.45, 2.75) is 13.0 Å². The summed E-state index contributed by atoms with van der Waals surface area (Å²) in [5.74, 6) is 0.103.